The van der Waals surface area contributed by atoms with Crippen LogP contribution in [-0.2, 0) is 16.1 Å². The molecular weight excluding hydrogens is 581 g/mol. The average Bonchev–Trinajstić information content (AvgIpc) is 3.48. The van der Waals surface area contributed by atoms with Crippen LogP contribution in [0.1, 0.15) is 82.8 Å². The number of ether oxygens (including phenoxy) is 1. The smallest absolute Gasteiger partial charge is 0.387 e. The van der Waals surface area contributed by atoms with Crippen molar-refractivity contribution in [1.29, 1.82) is 0 Å². The minimum absolute atomic E-state index is 0.0330. The van der Waals surface area contributed by atoms with Crippen LogP contribution in [0.3, 0.4) is 0 Å². The van der Waals surface area contributed by atoms with E-state index >= 15 is 0 Å². The number of benzene rings is 2. The van der Waals surface area contributed by atoms with E-state index in [1.165, 1.54) is 12.1 Å². The Morgan fingerprint density at radius 3 is 2.20 bits per heavy atom. The Bertz CT molecular complexity index is 1520. The van der Waals surface area contributed by atoms with E-state index in [0.717, 1.165) is 43.0 Å². The van der Waals surface area contributed by atoms with Gasteiger partial charge in [0.25, 0.3) is 5.89 Å². The van der Waals surface area contributed by atoms with E-state index < -0.39 is 29.5 Å². The number of halogens is 5. The molecule has 3 aromatic rings. The van der Waals surface area contributed by atoms with Gasteiger partial charge in [-0.1, -0.05) is 29.4 Å². The summed E-state index contributed by atoms with van der Waals surface area (Å²) in [4.78, 5) is 20.0. The van der Waals surface area contributed by atoms with Gasteiger partial charge in [0.2, 0.25) is 5.91 Å². The first-order chi connectivity index (χ1) is 20.8. The molecule has 6 nitrogen and oxygen atoms in total. The molecule has 1 amide bonds. The number of rotatable bonds is 10. The van der Waals surface area contributed by atoms with Crippen molar-refractivity contribution in [2.45, 2.75) is 94.7 Å². The van der Waals surface area contributed by atoms with Gasteiger partial charge in [0, 0.05) is 31.0 Å². The van der Waals surface area contributed by atoms with Gasteiger partial charge < -0.3 is 14.2 Å². The summed E-state index contributed by atoms with van der Waals surface area (Å²) in [5.41, 5.74) is 0.403. The SMILES string of the molecule is CC(F)(F)c1nc(C23CCC(CN(C(=O)CC45CC(F)(C4)C5)c4cccc(-c5ccc(OC(F)F)cc5)c4)(CC2)CC3)no1. The van der Waals surface area contributed by atoms with Gasteiger partial charge in [0.15, 0.2) is 5.82 Å². The molecule has 0 radical (unpaired) electrons. The first-order valence-corrected chi connectivity index (χ1v) is 15.2. The van der Waals surface area contributed by atoms with Crippen LogP contribution < -0.4 is 9.64 Å². The normalized spacial score (nSPS) is 30.5. The summed E-state index contributed by atoms with van der Waals surface area (Å²) in [6, 6.07) is 14.0. The highest BCUT2D eigenvalue weighted by Gasteiger charge is 2.69. The second kappa shape index (κ2) is 10.0. The van der Waals surface area contributed by atoms with Crippen molar-refractivity contribution < 1.29 is 36.0 Å². The van der Waals surface area contributed by atoms with Gasteiger partial charge in [-0.15, -0.1) is 0 Å². The minimum Gasteiger partial charge on any atom is -0.435 e. The van der Waals surface area contributed by atoms with Gasteiger partial charge in [-0.25, -0.2) is 4.39 Å². The van der Waals surface area contributed by atoms with E-state index in [0.29, 0.717) is 57.3 Å². The Labute approximate surface area is 252 Å². The molecule has 0 unspecified atom stereocenters. The highest BCUT2D eigenvalue weighted by atomic mass is 19.3. The molecule has 6 fully saturated rings. The Kier molecular flexibility index (Phi) is 6.64. The lowest BCUT2D eigenvalue weighted by Gasteiger charge is -2.66. The molecule has 234 valence electrons. The average molecular weight is 616 g/mol. The molecule has 2 aromatic carbocycles. The molecule has 0 atom stereocenters. The third kappa shape index (κ3) is 5.15. The molecule has 11 heteroatoms. The number of carbonyl (C=O) groups excluding carboxylic acids is 1. The number of hydrogen-bond acceptors (Lipinski definition) is 5. The van der Waals surface area contributed by atoms with Crippen LogP contribution in [0.25, 0.3) is 11.1 Å². The van der Waals surface area contributed by atoms with E-state index in [1.54, 1.807) is 12.1 Å². The molecule has 0 spiro atoms. The number of anilines is 1. The van der Waals surface area contributed by atoms with E-state index in [4.69, 9.17) is 4.52 Å². The molecule has 6 saturated carbocycles. The fraction of sp³-hybridized carbons (Fsp3) is 0.545. The predicted molar refractivity (Wildman–Crippen MR) is 151 cm³/mol. The zero-order chi connectivity index (χ0) is 31.0. The quantitative estimate of drug-likeness (QED) is 0.215. The van der Waals surface area contributed by atoms with Gasteiger partial charge in [0.05, 0.1) is 0 Å². The summed E-state index contributed by atoms with van der Waals surface area (Å²) in [5, 5.41) is 3.95. The lowest BCUT2D eigenvalue weighted by atomic mass is 9.41. The fourth-order valence-electron chi connectivity index (χ4n) is 8.26. The summed E-state index contributed by atoms with van der Waals surface area (Å²) in [7, 11) is 0. The van der Waals surface area contributed by atoms with E-state index in [2.05, 4.69) is 14.9 Å². The lowest BCUT2D eigenvalue weighted by molar-refractivity contribution is -0.215. The molecule has 1 heterocycles. The number of fused-ring (bicyclic) bond motifs is 3. The van der Waals surface area contributed by atoms with Crippen molar-refractivity contribution in [2.75, 3.05) is 11.4 Å². The van der Waals surface area contributed by atoms with Crippen molar-refractivity contribution >= 4 is 11.6 Å². The topological polar surface area (TPSA) is 68.5 Å². The van der Waals surface area contributed by atoms with Crippen LogP contribution in [0.4, 0.5) is 27.6 Å². The van der Waals surface area contributed by atoms with Gasteiger partial charge in [-0.05, 0) is 104 Å². The lowest BCUT2D eigenvalue weighted by Crippen LogP contribution is -2.65. The summed E-state index contributed by atoms with van der Waals surface area (Å²) >= 11 is 0. The Morgan fingerprint density at radius 1 is 0.977 bits per heavy atom. The Balaban J connectivity index is 1.13. The standard InChI is InChI=1S/C33H34F5N3O3/c1-29(36,37)27-39-26(40-44-27)32-12-9-30(10-13-32,11-14-32)20-41(25(42)16-31-17-33(38,18-31)19-31)23-4-2-3-22(15-23)21-5-7-24(8-6-21)43-28(34)35/h2-8,15,28H,9-14,16-20H2,1H3. The zero-order valence-corrected chi connectivity index (χ0v) is 24.4. The van der Waals surface area contributed by atoms with Crippen molar-refractivity contribution in [2.24, 2.45) is 10.8 Å². The molecule has 44 heavy (non-hydrogen) atoms. The molecule has 6 aliphatic rings. The zero-order valence-electron chi connectivity index (χ0n) is 24.4. The summed E-state index contributed by atoms with van der Waals surface area (Å²) < 4.78 is 76.6. The van der Waals surface area contributed by atoms with Gasteiger partial charge >= 0.3 is 12.5 Å². The van der Waals surface area contributed by atoms with Crippen molar-refractivity contribution in [1.82, 2.24) is 10.1 Å². The Hall–Kier alpha value is -3.50. The highest BCUT2D eigenvalue weighted by Crippen LogP contribution is 2.71. The number of amides is 1. The van der Waals surface area contributed by atoms with Gasteiger partial charge in [-0.2, -0.15) is 22.5 Å². The first-order valence-electron chi connectivity index (χ1n) is 15.2. The van der Waals surface area contributed by atoms with Crippen molar-refractivity contribution in [3.63, 3.8) is 0 Å². The maximum Gasteiger partial charge on any atom is 0.387 e. The van der Waals surface area contributed by atoms with Crippen LogP contribution in [0.2, 0.25) is 0 Å². The number of alkyl halides is 5. The van der Waals surface area contributed by atoms with E-state index in [-0.39, 0.29) is 22.5 Å². The van der Waals surface area contributed by atoms with Gasteiger partial charge in [0.1, 0.15) is 11.4 Å². The van der Waals surface area contributed by atoms with Crippen LogP contribution in [0, 0.1) is 10.8 Å². The van der Waals surface area contributed by atoms with Crippen LogP contribution >= 0.6 is 0 Å². The molecule has 0 N–H and O–H groups in total. The van der Waals surface area contributed by atoms with E-state index in [9.17, 15) is 26.7 Å². The molecule has 6 aliphatic carbocycles. The third-order valence-electron chi connectivity index (χ3n) is 10.6. The predicted octanol–water partition coefficient (Wildman–Crippen LogP) is 8.36. The molecule has 4 bridgehead atoms. The van der Waals surface area contributed by atoms with E-state index in [1.807, 2.05) is 29.2 Å². The maximum absolute atomic E-state index is 14.3. The number of hydrogen-bond donors (Lipinski definition) is 0. The second-order valence-electron chi connectivity index (χ2n) is 13.9. The molecule has 1 aromatic heterocycles. The monoisotopic (exact) mass is 615 g/mol. The third-order valence-corrected chi connectivity index (χ3v) is 10.6. The largest absolute Gasteiger partial charge is 0.435 e. The number of aromatic nitrogens is 2. The molecule has 0 aliphatic heterocycles. The van der Waals surface area contributed by atoms with Gasteiger partial charge in [-0.3, -0.25) is 4.79 Å². The second-order valence-corrected chi connectivity index (χ2v) is 13.9. The minimum atomic E-state index is -3.20. The van der Waals surface area contributed by atoms with Crippen molar-refractivity contribution in [3.8, 4) is 16.9 Å². The molecule has 9 rings (SSSR count). The fourth-order valence-corrected chi connectivity index (χ4v) is 8.26. The highest BCUT2D eigenvalue weighted by molar-refractivity contribution is 5.95. The number of carbonyl (C=O) groups is 1. The molecule has 0 saturated heterocycles. The Morgan fingerprint density at radius 2 is 1.64 bits per heavy atom. The summed E-state index contributed by atoms with van der Waals surface area (Å²) in [6.45, 7) is -1.67. The summed E-state index contributed by atoms with van der Waals surface area (Å²) in [6.07, 6.45) is 6.09. The number of nitrogens with zero attached hydrogens (tertiary/aromatic N) is 3. The summed E-state index contributed by atoms with van der Waals surface area (Å²) in [5.74, 6) is -3.49. The maximum atomic E-state index is 14.3. The van der Waals surface area contributed by atoms with Crippen LogP contribution in [-0.4, -0.2) is 34.9 Å². The van der Waals surface area contributed by atoms with Crippen LogP contribution in [0.5, 0.6) is 5.75 Å². The van der Waals surface area contributed by atoms with Crippen molar-refractivity contribution in [3.05, 3.63) is 60.2 Å². The van der Waals surface area contributed by atoms with Crippen LogP contribution in [0.15, 0.2) is 53.1 Å². The molecular formula is C33H34F5N3O3. The first kappa shape index (κ1) is 29.2.